The molecule has 28 heavy (non-hydrogen) atoms. The average Bonchev–Trinajstić information content (AvgIpc) is 2.72. The maximum atomic E-state index is 12.1. The number of nitrogens with one attached hydrogen (secondary N) is 3. The summed E-state index contributed by atoms with van der Waals surface area (Å²) in [5, 5.41) is 2.72. The Hall–Kier alpha value is -3.68. The van der Waals surface area contributed by atoms with Crippen molar-refractivity contribution in [2.24, 2.45) is 0 Å². The van der Waals surface area contributed by atoms with E-state index >= 15 is 0 Å². The first-order valence-corrected chi connectivity index (χ1v) is 8.63. The van der Waals surface area contributed by atoms with Crippen molar-refractivity contribution in [1.29, 1.82) is 0 Å². The lowest BCUT2D eigenvalue weighted by Crippen LogP contribution is -2.41. The molecule has 0 aliphatic rings. The molecule has 3 amide bonds. The first kappa shape index (κ1) is 20.6. The van der Waals surface area contributed by atoms with E-state index < -0.39 is 17.8 Å². The van der Waals surface area contributed by atoms with Crippen LogP contribution >= 0.6 is 0 Å². The van der Waals surface area contributed by atoms with Gasteiger partial charge in [-0.1, -0.05) is 6.92 Å². The fourth-order valence-electron chi connectivity index (χ4n) is 2.29. The molecule has 0 bridgehead atoms. The number of ether oxygens (including phenoxy) is 1. The van der Waals surface area contributed by atoms with E-state index in [1.807, 2.05) is 6.92 Å². The Balaban J connectivity index is 1.89. The summed E-state index contributed by atoms with van der Waals surface area (Å²) in [5.74, 6) is -1.64. The van der Waals surface area contributed by atoms with Crippen molar-refractivity contribution in [3.63, 3.8) is 0 Å². The number of esters is 1. The molecule has 3 N–H and O–H groups in total. The Morgan fingerprint density at radius 3 is 1.71 bits per heavy atom. The van der Waals surface area contributed by atoms with Crippen molar-refractivity contribution < 1.29 is 23.9 Å². The largest absolute Gasteiger partial charge is 0.465 e. The molecule has 0 radical (unpaired) electrons. The van der Waals surface area contributed by atoms with Crippen LogP contribution in [-0.2, 0) is 9.53 Å². The molecule has 0 heterocycles. The van der Waals surface area contributed by atoms with E-state index in [9.17, 15) is 19.2 Å². The van der Waals surface area contributed by atoms with Gasteiger partial charge in [-0.2, -0.15) is 0 Å². The molecule has 2 aromatic rings. The number of hydrazine groups is 1. The third-order valence-corrected chi connectivity index (χ3v) is 3.77. The molecule has 2 aromatic carbocycles. The molecule has 0 aliphatic carbocycles. The fraction of sp³-hybridized carbons (Fsp3) is 0.200. The number of carbonyl (C=O) groups excluding carboxylic acids is 4. The SMILES string of the molecule is CCCC(=O)Nc1ccc(C(=O)NNC(=O)c2ccc(C(=O)OC)cc2)cc1. The molecular formula is C20H21N3O5. The highest BCUT2D eigenvalue weighted by Crippen LogP contribution is 2.10. The topological polar surface area (TPSA) is 114 Å². The molecule has 0 saturated carbocycles. The summed E-state index contributed by atoms with van der Waals surface area (Å²) in [4.78, 5) is 47.1. The maximum absolute atomic E-state index is 12.1. The lowest BCUT2D eigenvalue weighted by Gasteiger charge is -2.09. The number of benzene rings is 2. The van der Waals surface area contributed by atoms with Crippen molar-refractivity contribution in [3.8, 4) is 0 Å². The summed E-state index contributed by atoms with van der Waals surface area (Å²) in [7, 11) is 1.27. The van der Waals surface area contributed by atoms with Crippen LogP contribution in [-0.4, -0.2) is 30.8 Å². The first-order chi connectivity index (χ1) is 13.4. The van der Waals surface area contributed by atoms with E-state index in [0.29, 0.717) is 23.2 Å². The minimum atomic E-state index is -0.534. The number of anilines is 1. The fourth-order valence-corrected chi connectivity index (χ4v) is 2.29. The first-order valence-electron chi connectivity index (χ1n) is 8.63. The normalized spacial score (nSPS) is 9.93. The zero-order chi connectivity index (χ0) is 20.5. The lowest BCUT2D eigenvalue weighted by molar-refractivity contribution is -0.116. The van der Waals surface area contributed by atoms with Gasteiger partial charge in [0.1, 0.15) is 0 Å². The predicted molar refractivity (Wildman–Crippen MR) is 103 cm³/mol. The van der Waals surface area contributed by atoms with Crippen molar-refractivity contribution in [1.82, 2.24) is 10.9 Å². The highest BCUT2D eigenvalue weighted by atomic mass is 16.5. The van der Waals surface area contributed by atoms with Gasteiger partial charge >= 0.3 is 5.97 Å². The smallest absolute Gasteiger partial charge is 0.337 e. The maximum Gasteiger partial charge on any atom is 0.337 e. The van der Waals surface area contributed by atoms with Crippen molar-refractivity contribution in [2.45, 2.75) is 19.8 Å². The van der Waals surface area contributed by atoms with Crippen molar-refractivity contribution >= 4 is 29.4 Å². The van der Waals surface area contributed by atoms with Gasteiger partial charge in [0, 0.05) is 23.2 Å². The minimum absolute atomic E-state index is 0.0924. The van der Waals surface area contributed by atoms with E-state index in [4.69, 9.17) is 0 Å². The van der Waals surface area contributed by atoms with E-state index in [0.717, 1.165) is 6.42 Å². The second kappa shape index (κ2) is 9.86. The van der Waals surface area contributed by atoms with Crippen LogP contribution in [0.2, 0.25) is 0 Å². The standard InChI is InChI=1S/C20H21N3O5/c1-3-4-17(24)21-16-11-9-14(10-12-16)19(26)23-22-18(25)13-5-7-15(8-6-13)20(27)28-2/h5-12H,3-4H2,1-2H3,(H,21,24)(H,22,25)(H,23,26). The van der Waals surface area contributed by atoms with Gasteiger partial charge in [0.25, 0.3) is 11.8 Å². The predicted octanol–water partition coefficient (Wildman–Crippen LogP) is 2.29. The zero-order valence-electron chi connectivity index (χ0n) is 15.6. The average molecular weight is 383 g/mol. The molecule has 0 atom stereocenters. The number of hydrogen-bond acceptors (Lipinski definition) is 5. The van der Waals surface area contributed by atoms with Gasteiger partial charge in [0.2, 0.25) is 5.91 Å². The minimum Gasteiger partial charge on any atom is -0.465 e. The van der Waals surface area contributed by atoms with E-state index in [1.165, 1.54) is 43.5 Å². The molecular weight excluding hydrogens is 362 g/mol. The van der Waals surface area contributed by atoms with Gasteiger partial charge in [-0.3, -0.25) is 25.2 Å². The highest BCUT2D eigenvalue weighted by molar-refractivity contribution is 6.00. The summed E-state index contributed by atoms with van der Waals surface area (Å²) in [6, 6.07) is 12.1. The number of methoxy groups -OCH3 is 1. The van der Waals surface area contributed by atoms with Gasteiger partial charge in [0.15, 0.2) is 0 Å². The van der Waals surface area contributed by atoms with E-state index in [-0.39, 0.29) is 11.5 Å². The van der Waals surface area contributed by atoms with Gasteiger partial charge in [-0.15, -0.1) is 0 Å². The Labute approximate surface area is 162 Å². The third kappa shape index (κ3) is 5.66. The summed E-state index contributed by atoms with van der Waals surface area (Å²) in [6.07, 6.45) is 1.17. The monoisotopic (exact) mass is 383 g/mol. The van der Waals surface area contributed by atoms with Crippen LogP contribution in [0.3, 0.4) is 0 Å². The number of rotatable bonds is 6. The summed E-state index contributed by atoms with van der Waals surface area (Å²) < 4.78 is 4.59. The number of carbonyl (C=O) groups is 4. The third-order valence-electron chi connectivity index (χ3n) is 3.77. The molecule has 0 aromatic heterocycles. The van der Waals surface area contributed by atoms with Crippen LogP contribution in [0, 0.1) is 0 Å². The molecule has 0 unspecified atom stereocenters. The lowest BCUT2D eigenvalue weighted by atomic mass is 10.1. The molecule has 0 saturated heterocycles. The molecule has 0 spiro atoms. The van der Waals surface area contributed by atoms with Gasteiger partial charge in [0.05, 0.1) is 12.7 Å². The summed E-state index contributed by atoms with van der Waals surface area (Å²) >= 11 is 0. The van der Waals surface area contributed by atoms with Crippen LogP contribution in [0.4, 0.5) is 5.69 Å². The van der Waals surface area contributed by atoms with Crippen molar-refractivity contribution in [3.05, 3.63) is 65.2 Å². The Morgan fingerprint density at radius 1 is 0.786 bits per heavy atom. The molecule has 2 rings (SSSR count). The Morgan fingerprint density at radius 2 is 1.25 bits per heavy atom. The van der Waals surface area contributed by atoms with E-state index in [1.54, 1.807) is 12.1 Å². The Bertz CT molecular complexity index is 860. The van der Waals surface area contributed by atoms with Crippen molar-refractivity contribution in [2.75, 3.05) is 12.4 Å². The number of hydrogen-bond donors (Lipinski definition) is 3. The highest BCUT2D eigenvalue weighted by Gasteiger charge is 2.11. The molecule has 8 heteroatoms. The molecule has 0 aliphatic heterocycles. The summed E-state index contributed by atoms with van der Waals surface area (Å²) in [5.41, 5.74) is 6.09. The van der Waals surface area contributed by atoms with Crippen LogP contribution in [0.15, 0.2) is 48.5 Å². The molecule has 0 fully saturated rings. The molecule has 8 nitrogen and oxygen atoms in total. The second-order valence-electron chi connectivity index (χ2n) is 5.85. The molecule has 146 valence electrons. The van der Waals surface area contributed by atoms with E-state index in [2.05, 4.69) is 20.9 Å². The zero-order valence-corrected chi connectivity index (χ0v) is 15.6. The quantitative estimate of drug-likeness (QED) is 0.523. The van der Waals surface area contributed by atoms with Crippen LogP contribution in [0.1, 0.15) is 50.8 Å². The van der Waals surface area contributed by atoms with Gasteiger partial charge in [-0.25, -0.2) is 4.79 Å². The second-order valence-corrected chi connectivity index (χ2v) is 5.85. The van der Waals surface area contributed by atoms with Crippen LogP contribution < -0.4 is 16.2 Å². The van der Waals surface area contributed by atoms with Crippen LogP contribution in [0.25, 0.3) is 0 Å². The van der Waals surface area contributed by atoms with Gasteiger partial charge < -0.3 is 10.1 Å². The van der Waals surface area contributed by atoms with Crippen LogP contribution in [0.5, 0.6) is 0 Å². The Kier molecular flexibility index (Phi) is 7.27. The number of amides is 3. The summed E-state index contributed by atoms with van der Waals surface area (Å²) in [6.45, 7) is 1.91. The van der Waals surface area contributed by atoms with Gasteiger partial charge in [-0.05, 0) is 55.0 Å².